The Morgan fingerprint density at radius 1 is 1.43 bits per heavy atom. The van der Waals surface area contributed by atoms with E-state index in [1.807, 2.05) is 13.8 Å². The van der Waals surface area contributed by atoms with Crippen LogP contribution in [-0.2, 0) is 20.9 Å². The van der Waals surface area contributed by atoms with E-state index in [0.717, 1.165) is 5.57 Å². The number of ether oxygens (including phenoxy) is 1. The van der Waals surface area contributed by atoms with Crippen molar-refractivity contribution in [3.63, 3.8) is 0 Å². The third kappa shape index (κ3) is 5.21. The molecule has 1 atom stereocenters. The van der Waals surface area contributed by atoms with Crippen molar-refractivity contribution in [3.05, 3.63) is 24.5 Å². The topological polar surface area (TPSA) is 76.5 Å². The zero-order chi connectivity index (χ0) is 16.8. The van der Waals surface area contributed by atoms with E-state index in [1.165, 1.54) is 4.68 Å². The maximum absolute atomic E-state index is 12.1. The molecule has 126 valence electrons. The molecule has 1 saturated heterocycles. The number of anilines is 1. The third-order valence-electron chi connectivity index (χ3n) is 3.66. The SMILES string of the molecule is C=C(C)C[C@@H](C)C(=O)Nc1cnn(CC(=O)N2CCOCC2)c1. The van der Waals surface area contributed by atoms with E-state index >= 15 is 0 Å². The summed E-state index contributed by atoms with van der Waals surface area (Å²) in [6.45, 7) is 10.1. The number of hydrogen-bond acceptors (Lipinski definition) is 4. The first kappa shape index (κ1) is 17.2. The van der Waals surface area contributed by atoms with Crippen molar-refractivity contribution in [1.29, 1.82) is 0 Å². The average Bonchev–Trinajstić information content (AvgIpc) is 2.94. The number of allylic oxidation sites excluding steroid dienone is 1. The van der Waals surface area contributed by atoms with Gasteiger partial charge in [0.1, 0.15) is 6.54 Å². The smallest absolute Gasteiger partial charge is 0.244 e. The predicted octanol–water partition coefficient (Wildman–Crippen LogP) is 1.28. The molecule has 7 heteroatoms. The zero-order valence-electron chi connectivity index (χ0n) is 13.7. The Morgan fingerprint density at radius 3 is 2.78 bits per heavy atom. The van der Waals surface area contributed by atoms with Gasteiger partial charge in [-0.25, -0.2) is 0 Å². The molecule has 1 aromatic heterocycles. The van der Waals surface area contributed by atoms with Gasteiger partial charge in [0.05, 0.1) is 25.1 Å². The Kier molecular flexibility index (Phi) is 5.92. The van der Waals surface area contributed by atoms with Gasteiger partial charge >= 0.3 is 0 Å². The Hall–Kier alpha value is -2.15. The number of nitrogens with zero attached hydrogens (tertiary/aromatic N) is 3. The fraction of sp³-hybridized carbons (Fsp3) is 0.562. The first-order valence-electron chi connectivity index (χ1n) is 7.79. The van der Waals surface area contributed by atoms with E-state index in [1.54, 1.807) is 17.3 Å². The molecule has 0 saturated carbocycles. The first-order chi connectivity index (χ1) is 11.0. The molecular weight excluding hydrogens is 296 g/mol. The van der Waals surface area contributed by atoms with Gasteiger partial charge in [-0.3, -0.25) is 14.3 Å². The molecule has 1 aliphatic rings. The van der Waals surface area contributed by atoms with Crippen molar-refractivity contribution in [1.82, 2.24) is 14.7 Å². The maximum Gasteiger partial charge on any atom is 0.244 e. The van der Waals surface area contributed by atoms with E-state index in [2.05, 4.69) is 17.0 Å². The molecule has 2 rings (SSSR count). The van der Waals surface area contributed by atoms with Crippen molar-refractivity contribution >= 4 is 17.5 Å². The second-order valence-electron chi connectivity index (χ2n) is 5.97. The van der Waals surface area contributed by atoms with Crippen LogP contribution in [0.1, 0.15) is 20.3 Å². The predicted molar refractivity (Wildman–Crippen MR) is 86.9 cm³/mol. The van der Waals surface area contributed by atoms with Gasteiger partial charge in [-0.15, -0.1) is 6.58 Å². The molecule has 1 aromatic rings. The number of amides is 2. The molecule has 2 amide bonds. The van der Waals surface area contributed by atoms with E-state index in [0.29, 0.717) is 38.4 Å². The summed E-state index contributed by atoms with van der Waals surface area (Å²) < 4.78 is 6.77. The minimum Gasteiger partial charge on any atom is -0.378 e. The minimum atomic E-state index is -0.147. The van der Waals surface area contributed by atoms with Crippen LogP contribution in [0.15, 0.2) is 24.5 Å². The maximum atomic E-state index is 12.1. The third-order valence-corrected chi connectivity index (χ3v) is 3.66. The fourth-order valence-corrected chi connectivity index (χ4v) is 2.45. The summed E-state index contributed by atoms with van der Waals surface area (Å²) in [6.07, 6.45) is 3.87. The summed E-state index contributed by atoms with van der Waals surface area (Å²) in [5, 5.41) is 6.94. The standard InChI is InChI=1S/C16H24N4O3/c1-12(2)8-13(3)16(22)18-14-9-17-20(10-14)11-15(21)19-4-6-23-7-5-19/h9-10,13H,1,4-8,11H2,2-3H3,(H,18,22)/t13-/m1/s1. The highest BCUT2D eigenvalue weighted by atomic mass is 16.5. The number of hydrogen-bond donors (Lipinski definition) is 1. The molecule has 1 N–H and O–H groups in total. The largest absolute Gasteiger partial charge is 0.378 e. The lowest BCUT2D eigenvalue weighted by Crippen LogP contribution is -2.42. The van der Waals surface area contributed by atoms with Gasteiger partial charge in [0.25, 0.3) is 0 Å². The lowest BCUT2D eigenvalue weighted by Gasteiger charge is -2.26. The first-order valence-corrected chi connectivity index (χ1v) is 7.79. The molecule has 0 radical (unpaired) electrons. The van der Waals surface area contributed by atoms with E-state index in [9.17, 15) is 9.59 Å². The number of carbonyl (C=O) groups is 2. The van der Waals surface area contributed by atoms with Crippen LogP contribution in [0.25, 0.3) is 0 Å². The van der Waals surface area contributed by atoms with Gasteiger partial charge in [-0.1, -0.05) is 12.5 Å². The van der Waals surface area contributed by atoms with Crippen molar-refractivity contribution < 1.29 is 14.3 Å². The van der Waals surface area contributed by atoms with E-state index < -0.39 is 0 Å². The number of morpholine rings is 1. The summed E-state index contributed by atoms with van der Waals surface area (Å²) >= 11 is 0. The monoisotopic (exact) mass is 320 g/mol. The van der Waals surface area contributed by atoms with Crippen LogP contribution in [0.4, 0.5) is 5.69 Å². The van der Waals surface area contributed by atoms with Gasteiger partial charge in [-0.05, 0) is 13.3 Å². The van der Waals surface area contributed by atoms with Gasteiger partial charge in [0.15, 0.2) is 0 Å². The minimum absolute atomic E-state index is 0.00456. The summed E-state index contributed by atoms with van der Waals surface area (Å²) in [5.74, 6) is -0.220. The summed E-state index contributed by atoms with van der Waals surface area (Å²) in [4.78, 5) is 26.0. The molecule has 1 fully saturated rings. The highest BCUT2D eigenvalue weighted by molar-refractivity contribution is 5.92. The van der Waals surface area contributed by atoms with E-state index in [-0.39, 0.29) is 24.3 Å². The molecule has 23 heavy (non-hydrogen) atoms. The van der Waals surface area contributed by atoms with Crippen LogP contribution in [0.2, 0.25) is 0 Å². The van der Waals surface area contributed by atoms with Crippen LogP contribution in [-0.4, -0.2) is 52.8 Å². The molecule has 0 unspecified atom stereocenters. The summed E-state index contributed by atoms with van der Waals surface area (Å²) in [5.41, 5.74) is 1.57. The Balaban J connectivity index is 1.86. The molecule has 0 bridgehead atoms. The van der Waals surface area contributed by atoms with Gasteiger partial charge in [-0.2, -0.15) is 5.10 Å². The number of rotatable bonds is 6. The van der Waals surface area contributed by atoms with Crippen molar-refractivity contribution in [2.24, 2.45) is 5.92 Å². The molecule has 0 aliphatic carbocycles. The molecule has 2 heterocycles. The average molecular weight is 320 g/mol. The number of nitrogens with one attached hydrogen (secondary N) is 1. The lowest BCUT2D eigenvalue weighted by molar-refractivity contribution is -0.136. The van der Waals surface area contributed by atoms with Crippen molar-refractivity contribution in [3.8, 4) is 0 Å². The summed E-state index contributed by atoms with van der Waals surface area (Å²) in [7, 11) is 0. The van der Waals surface area contributed by atoms with E-state index in [4.69, 9.17) is 4.74 Å². The van der Waals surface area contributed by atoms with Crippen LogP contribution >= 0.6 is 0 Å². The normalized spacial score (nSPS) is 16.0. The molecule has 7 nitrogen and oxygen atoms in total. The van der Waals surface area contributed by atoms with Crippen LogP contribution in [0.3, 0.4) is 0 Å². The van der Waals surface area contributed by atoms with Crippen molar-refractivity contribution in [2.45, 2.75) is 26.8 Å². The Labute approximate surface area is 136 Å². The van der Waals surface area contributed by atoms with Crippen LogP contribution in [0.5, 0.6) is 0 Å². The molecule has 0 spiro atoms. The highest BCUT2D eigenvalue weighted by Crippen LogP contribution is 2.13. The fourth-order valence-electron chi connectivity index (χ4n) is 2.45. The second kappa shape index (κ2) is 7.92. The number of aromatic nitrogens is 2. The van der Waals surface area contributed by atoms with Gasteiger partial charge in [0, 0.05) is 25.2 Å². The Bertz CT molecular complexity index is 576. The lowest BCUT2D eigenvalue weighted by atomic mass is 10.0. The van der Waals surface area contributed by atoms with Crippen LogP contribution < -0.4 is 5.32 Å². The van der Waals surface area contributed by atoms with Gasteiger partial charge < -0.3 is 15.0 Å². The Morgan fingerprint density at radius 2 is 2.13 bits per heavy atom. The van der Waals surface area contributed by atoms with Crippen molar-refractivity contribution in [2.75, 3.05) is 31.6 Å². The highest BCUT2D eigenvalue weighted by Gasteiger charge is 2.18. The molecule has 1 aliphatic heterocycles. The van der Waals surface area contributed by atoms with Crippen LogP contribution in [0, 0.1) is 5.92 Å². The molecule has 0 aromatic carbocycles. The summed E-state index contributed by atoms with van der Waals surface area (Å²) in [6, 6.07) is 0. The number of carbonyl (C=O) groups excluding carboxylic acids is 2. The van der Waals surface area contributed by atoms with Gasteiger partial charge in [0.2, 0.25) is 11.8 Å². The second-order valence-corrected chi connectivity index (χ2v) is 5.97. The quantitative estimate of drug-likeness (QED) is 0.801. The molecular formula is C16H24N4O3. The zero-order valence-corrected chi connectivity index (χ0v) is 13.7.